The Bertz CT molecular complexity index is 312. The van der Waals surface area contributed by atoms with Crippen molar-refractivity contribution in [3.63, 3.8) is 0 Å². The van der Waals surface area contributed by atoms with Crippen molar-refractivity contribution < 1.29 is 0 Å². The van der Waals surface area contributed by atoms with Crippen LogP contribution in [0.4, 0.5) is 0 Å². The van der Waals surface area contributed by atoms with Gasteiger partial charge in [0.1, 0.15) is 0 Å². The van der Waals surface area contributed by atoms with Gasteiger partial charge in [-0.15, -0.1) is 0 Å². The zero-order chi connectivity index (χ0) is 10.2. The van der Waals surface area contributed by atoms with E-state index in [1.165, 1.54) is 12.0 Å². The summed E-state index contributed by atoms with van der Waals surface area (Å²) in [5.74, 6) is 0.650. The van der Waals surface area contributed by atoms with Gasteiger partial charge in [0.2, 0.25) is 0 Å². The van der Waals surface area contributed by atoms with Gasteiger partial charge in [-0.05, 0) is 36.6 Å². The third-order valence-electron chi connectivity index (χ3n) is 3.30. The number of nitrogens with one attached hydrogen (secondary N) is 1. The van der Waals surface area contributed by atoms with Gasteiger partial charge < -0.3 is 5.32 Å². The lowest BCUT2D eigenvalue weighted by Crippen LogP contribution is -2.57. The van der Waals surface area contributed by atoms with Gasteiger partial charge in [0.05, 0.1) is 0 Å². The van der Waals surface area contributed by atoms with E-state index in [-0.39, 0.29) is 5.54 Å². The second-order valence-electron chi connectivity index (χ2n) is 4.31. The first-order valence-electron chi connectivity index (χ1n) is 5.16. The number of halogens is 1. The van der Waals surface area contributed by atoms with E-state index in [1.54, 1.807) is 0 Å². The van der Waals surface area contributed by atoms with Crippen LogP contribution in [0.15, 0.2) is 28.7 Å². The van der Waals surface area contributed by atoms with E-state index in [1.807, 2.05) is 0 Å². The molecule has 2 rings (SSSR count). The van der Waals surface area contributed by atoms with Gasteiger partial charge in [-0.1, -0.05) is 41.9 Å². The maximum atomic E-state index is 3.58. The first-order chi connectivity index (χ1) is 6.65. The van der Waals surface area contributed by atoms with Crippen molar-refractivity contribution in [1.29, 1.82) is 0 Å². The highest BCUT2D eigenvalue weighted by molar-refractivity contribution is 9.10. The lowest BCUT2D eigenvalue weighted by molar-refractivity contribution is 0.139. The van der Waals surface area contributed by atoms with E-state index < -0.39 is 0 Å². The van der Waals surface area contributed by atoms with Gasteiger partial charge in [-0.2, -0.15) is 0 Å². The molecule has 1 nitrogen and oxygen atoms in total. The minimum absolute atomic E-state index is 0.237. The molecule has 0 spiro atoms. The van der Waals surface area contributed by atoms with Gasteiger partial charge >= 0.3 is 0 Å². The molecule has 1 fully saturated rings. The van der Waals surface area contributed by atoms with Gasteiger partial charge in [0.25, 0.3) is 0 Å². The third kappa shape index (κ3) is 1.51. The molecule has 1 N–H and O–H groups in total. The maximum absolute atomic E-state index is 3.58. The zero-order valence-electron chi connectivity index (χ0n) is 8.68. The van der Waals surface area contributed by atoms with Crippen LogP contribution in [0.5, 0.6) is 0 Å². The van der Waals surface area contributed by atoms with Crippen LogP contribution < -0.4 is 5.32 Å². The molecule has 1 aromatic carbocycles. The smallest absolute Gasteiger partial charge is 0.0470 e. The van der Waals surface area contributed by atoms with E-state index in [0.717, 1.165) is 11.0 Å². The summed E-state index contributed by atoms with van der Waals surface area (Å²) in [6.45, 7) is 5.72. The summed E-state index contributed by atoms with van der Waals surface area (Å²) in [6.07, 6.45) is 1.26. The van der Waals surface area contributed by atoms with E-state index in [0.29, 0.717) is 5.92 Å². The van der Waals surface area contributed by atoms with Crippen molar-refractivity contribution in [3.8, 4) is 0 Å². The average Bonchev–Trinajstić information content (AvgIpc) is 2.05. The highest BCUT2D eigenvalue weighted by Gasteiger charge is 2.40. The Hall–Kier alpha value is -0.340. The lowest BCUT2D eigenvalue weighted by atomic mass is 9.72. The SMILES string of the molecule is CC(C)C1(c2ccc(Br)cc2)CCN1. The summed E-state index contributed by atoms with van der Waals surface area (Å²) in [4.78, 5) is 0. The normalized spacial score (nSPS) is 26.3. The third-order valence-corrected chi connectivity index (χ3v) is 3.83. The summed E-state index contributed by atoms with van der Waals surface area (Å²) in [5.41, 5.74) is 1.66. The van der Waals surface area contributed by atoms with Crippen LogP contribution in [0.1, 0.15) is 25.8 Å². The van der Waals surface area contributed by atoms with Crippen LogP contribution in [0.25, 0.3) is 0 Å². The van der Waals surface area contributed by atoms with Gasteiger partial charge in [0.15, 0.2) is 0 Å². The summed E-state index contributed by atoms with van der Waals surface area (Å²) in [6, 6.07) is 8.69. The van der Waals surface area contributed by atoms with Gasteiger partial charge in [-0.3, -0.25) is 0 Å². The molecule has 1 unspecified atom stereocenters. The maximum Gasteiger partial charge on any atom is 0.0470 e. The van der Waals surface area contributed by atoms with E-state index in [9.17, 15) is 0 Å². The Labute approximate surface area is 94.0 Å². The number of hydrogen-bond acceptors (Lipinski definition) is 1. The van der Waals surface area contributed by atoms with Crippen LogP contribution in [0.3, 0.4) is 0 Å². The predicted molar refractivity (Wildman–Crippen MR) is 63.3 cm³/mol. The first-order valence-corrected chi connectivity index (χ1v) is 5.95. The molecule has 0 amide bonds. The molecule has 0 bridgehead atoms. The second kappa shape index (κ2) is 3.67. The average molecular weight is 254 g/mol. The largest absolute Gasteiger partial charge is 0.307 e. The molecule has 76 valence electrons. The van der Waals surface area contributed by atoms with Crippen LogP contribution in [0.2, 0.25) is 0 Å². The molecule has 14 heavy (non-hydrogen) atoms. The highest BCUT2D eigenvalue weighted by Crippen LogP contribution is 2.38. The summed E-state index contributed by atoms with van der Waals surface area (Å²) >= 11 is 3.47. The minimum Gasteiger partial charge on any atom is -0.307 e. The lowest BCUT2D eigenvalue weighted by Gasteiger charge is -2.47. The molecule has 0 aliphatic carbocycles. The van der Waals surface area contributed by atoms with Gasteiger partial charge in [-0.25, -0.2) is 0 Å². The number of benzene rings is 1. The fourth-order valence-electron chi connectivity index (χ4n) is 2.21. The quantitative estimate of drug-likeness (QED) is 0.853. The van der Waals surface area contributed by atoms with Crippen LogP contribution in [-0.2, 0) is 5.54 Å². The van der Waals surface area contributed by atoms with E-state index in [2.05, 4.69) is 59.4 Å². The molecular weight excluding hydrogens is 238 g/mol. The zero-order valence-corrected chi connectivity index (χ0v) is 10.3. The molecule has 0 saturated carbocycles. The molecule has 1 aliphatic heterocycles. The summed E-state index contributed by atoms with van der Waals surface area (Å²) in [5, 5.41) is 3.58. The topological polar surface area (TPSA) is 12.0 Å². The van der Waals surface area contributed by atoms with E-state index >= 15 is 0 Å². The molecule has 1 heterocycles. The van der Waals surface area contributed by atoms with Crippen molar-refractivity contribution in [3.05, 3.63) is 34.3 Å². The second-order valence-corrected chi connectivity index (χ2v) is 5.23. The molecule has 1 atom stereocenters. The van der Waals surface area contributed by atoms with Crippen molar-refractivity contribution in [2.75, 3.05) is 6.54 Å². The number of rotatable bonds is 2. The molecule has 1 aromatic rings. The Morgan fingerprint density at radius 1 is 1.29 bits per heavy atom. The van der Waals surface area contributed by atoms with Crippen LogP contribution in [-0.4, -0.2) is 6.54 Å². The van der Waals surface area contributed by atoms with E-state index in [4.69, 9.17) is 0 Å². The monoisotopic (exact) mass is 253 g/mol. The van der Waals surface area contributed by atoms with Crippen molar-refractivity contribution in [1.82, 2.24) is 5.32 Å². The highest BCUT2D eigenvalue weighted by atomic mass is 79.9. The molecule has 1 saturated heterocycles. The standard InChI is InChI=1S/C12H16BrN/c1-9(2)12(7-8-14-12)10-3-5-11(13)6-4-10/h3-6,9,14H,7-8H2,1-2H3. The molecular formula is C12H16BrN. The van der Waals surface area contributed by atoms with Crippen LogP contribution in [0, 0.1) is 5.92 Å². The minimum atomic E-state index is 0.237. The number of hydrogen-bond donors (Lipinski definition) is 1. The molecule has 0 aromatic heterocycles. The molecule has 2 heteroatoms. The van der Waals surface area contributed by atoms with Crippen molar-refractivity contribution in [2.24, 2.45) is 5.92 Å². The van der Waals surface area contributed by atoms with Gasteiger partial charge in [0, 0.05) is 10.0 Å². The molecule has 1 aliphatic rings. The summed E-state index contributed by atoms with van der Waals surface area (Å²) < 4.78 is 1.15. The fraction of sp³-hybridized carbons (Fsp3) is 0.500. The van der Waals surface area contributed by atoms with Crippen LogP contribution >= 0.6 is 15.9 Å². The Morgan fingerprint density at radius 3 is 2.21 bits per heavy atom. The van der Waals surface area contributed by atoms with Crippen molar-refractivity contribution in [2.45, 2.75) is 25.8 Å². The van der Waals surface area contributed by atoms with Crippen molar-refractivity contribution >= 4 is 15.9 Å². The Kier molecular flexibility index (Phi) is 2.67. The fourth-order valence-corrected chi connectivity index (χ4v) is 2.48. The Morgan fingerprint density at radius 2 is 1.86 bits per heavy atom. The Balaban J connectivity index is 2.32. The predicted octanol–water partition coefficient (Wildman–Crippen LogP) is 3.29. The summed E-state index contributed by atoms with van der Waals surface area (Å²) in [7, 11) is 0. The first kappa shape index (κ1) is 10.2. The molecule has 0 radical (unpaired) electrons.